The van der Waals surface area contributed by atoms with Crippen molar-refractivity contribution < 1.29 is 13.2 Å². The molecule has 24 heavy (non-hydrogen) atoms. The molecule has 1 N–H and O–H groups in total. The molecule has 0 bridgehead atoms. The Morgan fingerprint density at radius 1 is 1.08 bits per heavy atom. The van der Waals surface area contributed by atoms with E-state index in [1.54, 1.807) is 49.4 Å². The molecule has 0 saturated heterocycles. The average Bonchev–Trinajstić information content (AvgIpc) is 2.51. The Morgan fingerprint density at radius 2 is 1.71 bits per heavy atom. The van der Waals surface area contributed by atoms with Crippen LogP contribution in [0.15, 0.2) is 42.5 Å². The van der Waals surface area contributed by atoms with Crippen molar-refractivity contribution in [2.24, 2.45) is 0 Å². The van der Waals surface area contributed by atoms with Gasteiger partial charge < -0.3 is 5.32 Å². The molecule has 0 unspecified atom stereocenters. The number of halogens is 2. The predicted octanol–water partition coefficient (Wildman–Crippen LogP) is 4.03. The second-order valence-electron chi connectivity index (χ2n) is 5.06. The van der Waals surface area contributed by atoms with E-state index in [4.69, 9.17) is 23.2 Å². The maximum Gasteiger partial charge on any atom is 0.255 e. The first-order chi connectivity index (χ1) is 11.2. The number of benzene rings is 2. The zero-order valence-electron chi connectivity index (χ0n) is 13.1. The van der Waals surface area contributed by atoms with E-state index in [1.165, 1.54) is 4.31 Å². The van der Waals surface area contributed by atoms with Gasteiger partial charge in [0.2, 0.25) is 10.0 Å². The molecule has 0 radical (unpaired) electrons. The normalized spacial score (nSPS) is 11.2. The minimum absolute atomic E-state index is 0.313. The Morgan fingerprint density at radius 3 is 2.21 bits per heavy atom. The van der Waals surface area contributed by atoms with Crippen molar-refractivity contribution in [1.82, 2.24) is 0 Å². The topological polar surface area (TPSA) is 66.5 Å². The van der Waals surface area contributed by atoms with Gasteiger partial charge in [-0.15, -0.1) is 0 Å². The van der Waals surface area contributed by atoms with E-state index >= 15 is 0 Å². The number of carbonyl (C=O) groups is 1. The Bertz CT molecular complexity index is 852. The zero-order valence-corrected chi connectivity index (χ0v) is 15.4. The summed E-state index contributed by atoms with van der Waals surface area (Å²) in [7, 11) is -3.35. The highest BCUT2D eigenvalue weighted by atomic mass is 35.5. The van der Waals surface area contributed by atoms with Crippen molar-refractivity contribution in [1.29, 1.82) is 0 Å². The lowest BCUT2D eigenvalue weighted by Gasteiger charge is -2.20. The van der Waals surface area contributed by atoms with Gasteiger partial charge in [-0.25, -0.2) is 8.42 Å². The minimum atomic E-state index is -3.35. The summed E-state index contributed by atoms with van der Waals surface area (Å²) in [5.74, 6) is -0.331. The summed E-state index contributed by atoms with van der Waals surface area (Å²) < 4.78 is 24.7. The highest BCUT2D eigenvalue weighted by Crippen LogP contribution is 2.25. The summed E-state index contributed by atoms with van der Waals surface area (Å²) in [5, 5.41) is 3.45. The minimum Gasteiger partial charge on any atom is -0.322 e. The Balaban J connectivity index is 2.18. The summed E-state index contributed by atoms with van der Waals surface area (Å²) in [6.07, 6.45) is 1.14. The Labute approximate surface area is 151 Å². The molecule has 0 aliphatic rings. The standard InChI is InChI=1S/C16H16Cl2N2O3S/c1-3-20(24(2,22)23)13-7-4-11(5-8-13)16(21)19-12-6-9-14(17)15(18)10-12/h4-10H,3H2,1-2H3,(H,19,21). The van der Waals surface area contributed by atoms with Crippen LogP contribution in [0.2, 0.25) is 10.0 Å². The molecule has 0 saturated carbocycles. The number of nitrogens with one attached hydrogen (secondary N) is 1. The average molecular weight is 387 g/mol. The van der Waals surface area contributed by atoms with Crippen LogP contribution in [0.25, 0.3) is 0 Å². The van der Waals surface area contributed by atoms with Crippen LogP contribution in [0.3, 0.4) is 0 Å². The molecule has 0 heterocycles. The number of carbonyl (C=O) groups excluding carboxylic acids is 1. The second-order valence-corrected chi connectivity index (χ2v) is 7.78. The summed E-state index contributed by atoms with van der Waals surface area (Å²) in [5.41, 5.74) is 1.42. The maximum atomic E-state index is 12.2. The number of amides is 1. The van der Waals surface area contributed by atoms with Crippen molar-refractivity contribution in [2.75, 3.05) is 22.4 Å². The molecular formula is C16H16Cl2N2O3S. The third-order valence-corrected chi connectivity index (χ3v) is 5.29. The summed E-state index contributed by atoms with van der Waals surface area (Å²) in [4.78, 5) is 12.2. The van der Waals surface area contributed by atoms with E-state index in [1.807, 2.05) is 0 Å². The van der Waals surface area contributed by atoms with E-state index in [0.717, 1.165) is 6.26 Å². The molecule has 0 spiro atoms. The highest BCUT2D eigenvalue weighted by molar-refractivity contribution is 7.92. The van der Waals surface area contributed by atoms with E-state index in [-0.39, 0.29) is 5.91 Å². The number of rotatable bonds is 5. The molecule has 2 aromatic carbocycles. The van der Waals surface area contributed by atoms with Gasteiger partial charge in [0.25, 0.3) is 5.91 Å². The van der Waals surface area contributed by atoms with Gasteiger partial charge in [-0.05, 0) is 49.4 Å². The fourth-order valence-corrected chi connectivity index (χ4v) is 3.44. The fraction of sp³-hybridized carbons (Fsp3) is 0.188. The monoisotopic (exact) mass is 386 g/mol. The van der Waals surface area contributed by atoms with E-state index in [9.17, 15) is 13.2 Å². The molecule has 0 atom stereocenters. The van der Waals surface area contributed by atoms with Crippen molar-refractivity contribution >= 4 is 50.5 Å². The highest BCUT2D eigenvalue weighted by Gasteiger charge is 2.15. The maximum absolute atomic E-state index is 12.2. The van der Waals surface area contributed by atoms with Gasteiger partial charge in [-0.1, -0.05) is 23.2 Å². The Kier molecular flexibility index (Phi) is 5.74. The summed E-state index contributed by atoms with van der Waals surface area (Å²) in [6.45, 7) is 2.06. The molecule has 8 heteroatoms. The molecule has 2 aromatic rings. The van der Waals surface area contributed by atoms with Crippen LogP contribution in [0, 0.1) is 0 Å². The molecule has 2 rings (SSSR count). The Hall–Kier alpha value is -1.76. The molecule has 0 aromatic heterocycles. The van der Waals surface area contributed by atoms with Crippen LogP contribution in [0.4, 0.5) is 11.4 Å². The van der Waals surface area contributed by atoms with E-state index < -0.39 is 10.0 Å². The molecule has 0 aliphatic carbocycles. The smallest absolute Gasteiger partial charge is 0.255 e. The van der Waals surface area contributed by atoms with Crippen LogP contribution >= 0.6 is 23.2 Å². The molecule has 0 aliphatic heterocycles. The number of hydrogen-bond acceptors (Lipinski definition) is 3. The largest absolute Gasteiger partial charge is 0.322 e. The van der Waals surface area contributed by atoms with Crippen molar-refractivity contribution in [2.45, 2.75) is 6.92 Å². The van der Waals surface area contributed by atoms with Gasteiger partial charge in [-0.3, -0.25) is 9.10 Å². The fourth-order valence-electron chi connectivity index (χ4n) is 2.16. The molecule has 128 valence electrons. The number of sulfonamides is 1. The number of anilines is 2. The van der Waals surface area contributed by atoms with Gasteiger partial charge in [-0.2, -0.15) is 0 Å². The first-order valence-electron chi connectivity index (χ1n) is 7.06. The van der Waals surface area contributed by atoms with Crippen molar-refractivity contribution in [3.63, 3.8) is 0 Å². The molecule has 0 fully saturated rings. The lowest BCUT2D eigenvalue weighted by Crippen LogP contribution is -2.29. The number of nitrogens with zero attached hydrogens (tertiary/aromatic N) is 1. The number of hydrogen-bond donors (Lipinski definition) is 1. The van der Waals surface area contributed by atoms with Gasteiger partial charge in [0.05, 0.1) is 22.0 Å². The van der Waals surface area contributed by atoms with Gasteiger partial charge in [0, 0.05) is 17.8 Å². The lowest BCUT2D eigenvalue weighted by atomic mass is 10.2. The van der Waals surface area contributed by atoms with Crippen LogP contribution in [0.1, 0.15) is 17.3 Å². The van der Waals surface area contributed by atoms with Gasteiger partial charge in [0.15, 0.2) is 0 Å². The SMILES string of the molecule is CCN(c1ccc(C(=O)Nc2ccc(Cl)c(Cl)c2)cc1)S(C)(=O)=O. The summed E-state index contributed by atoms with van der Waals surface area (Å²) in [6, 6.07) is 11.1. The van der Waals surface area contributed by atoms with E-state index in [2.05, 4.69) is 5.32 Å². The molecule has 5 nitrogen and oxygen atoms in total. The van der Waals surface area contributed by atoms with Crippen molar-refractivity contribution in [3.05, 3.63) is 58.1 Å². The van der Waals surface area contributed by atoms with Gasteiger partial charge >= 0.3 is 0 Å². The third-order valence-electron chi connectivity index (χ3n) is 3.28. The van der Waals surface area contributed by atoms with Crippen molar-refractivity contribution in [3.8, 4) is 0 Å². The third kappa shape index (κ3) is 4.41. The second kappa shape index (κ2) is 7.42. The van der Waals surface area contributed by atoms with Crippen LogP contribution < -0.4 is 9.62 Å². The van der Waals surface area contributed by atoms with Crippen LogP contribution in [-0.2, 0) is 10.0 Å². The quantitative estimate of drug-likeness (QED) is 0.842. The predicted molar refractivity (Wildman–Crippen MR) is 98.7 cm³/mol. The van der Waals surface area contributed by atoms with Crippen LogP contribution in [0.5, 0.6) is 0 Å². The molecule has 1 amide bonds. The van der Waals surface area contributed by atoms with Crippen LogP contribution in [-0.4, -0.2) is 27.1 Å². The first kappa shape index (κ1) is 18.6. The zero-order chi connectivity index (χ0) is 17.9. The van der Waals surface area contributed by atoms with E-state index in [0.29, 0.717) is 33.5 Å². The summed E-state index contributed by atoms with van der Waals surface area (Å²) >= 11 is 11.7. The van der Waals surface area contributed by atoms with Gasteiger partial charge in [0.1, 0.15) is 0 Å². The lowest BCUT2D eigenvalue weighted by molar-refractivity contribution is 0.102. The molecular weight excluding hydrogens is 371 g/mol. The first-order valence-corrected chi connectivity index (χ1v) is 9.67.